The molecule has 4 heteroatoms. The zero-order valence-electron chi connectivity index (χ0n) is 7.69. The van der Waals surface area contributed by atoms with Crippen LogP contribution in [-0.4, -0.2) is 21.2 Å². The quantitative estimate of drug-likeness (QED) is 0.575. The number of nitrogens with one attached hydrogen (secondary N) is 1. The van der Waals surface area contributed by atoms with Gasteiger partial charge in [-0.3, -0.25) is 4.79 Å². The summed E-state index contributed by atoms with van der Waals surface area (Å²) in [7, 11) is 0. The number of carbonyl (C=O) groups is 1. The summed E-state index contributed by atoms with van der Waals surface area (Å²) in [5, 5.41) is 10.3. The summed E-state index contributed by atoms with van der Waals surface area (Å²) >= 11 is 0. The minimum Gasteiger partial charge on any atom is -0.289 e. The van der Waals surface area contributed by atoms with Gasteiger partial charge in [0.15, 0.2) is 5.78 Å². The first-order valence-electron chi connectivity index (χ1n) is 4.29. The molecule has 1 N–H and O–H groups in total. The SMILES string of the molecule is C/C=C/C(=O)c1cccc2n[nH]nc12. The Morgan fingerprint density at radius 1 is 1.43 bits per heavy atom. The van der Waals surface area contributed by atoms with Crippen LogP contribution in [0.1, 0.15) is 17.3 Å². The van der Waals surface area contributed by atoms with E-state index in [9.17, 15) is 4.79 Å². The molecule has 0 aliphatic heterocycles. The molecular weight excluding hydrogens is 178 g/mol. The minimum atomic E-state index is -0.0491. The Balaban J connectivity index is 2.61. The van der Waals surface area contributed by atoms with E-state index in [1.807, 2.05) is 6.07 Å². The highest BCUT2D eigenvalue weighted by Gasteiger charge is 2.09. The summed E-state index contributed by atoms with van der Waals surface area (Å²) in [6.07, 6.45) is 3.23. The van der Waals surface area contributed by atoms with Gasteiger partial charge in [0, 0.05) is 0 Å². The van der Waals surface area contributed by atoms with Crippen molar-refractivity contribution in [3.05, 3.63) is 35.9 Å². The molecule has 0 radical (unpaired) electrons. The highest BCUT2D eigenvalue weighted by atomic mass is 16.1. The second-order valence-electron chi connectivity index (χ2n) is 2.86. The molecule has 0 amide bonds. The first kappa shape index (κ1) is 8.62. The number of hydrogen-bond donors (Lipinski definition) is 1. The molecule has 0 saturated carbocycles. The van der Waals surface area contributed by atoms with Gasteiger partial charge < -0.3 is 0 Å². The van der Waals surface area contributed by atoms with Crippen LogP contribution in [0.15, 0.2) is 30.4 Å². The molecule has 1 aromatic heterocycles. The minimum absolute atomic E-state index is 0.0491. The van der Waals surface area contributed by atoms with E-state index in [0.717, 1.165) is 0 Å². The van der Waals surface area contributed by atoms with Crippen molar-refractivity contribution in [2.24, 2.45) is 0 Å². The van der Waals surface area contributed by atoms with Crippen molar-refractivity contribution in [1.82, 2.24) is 15.4 Å². The van der Waals surface area contributed by atoms with Crippen LogP contribution in [0.4, 0.5) is 0 Å². The van der Waals surface area contributed by atoms with E-state index >= 15 is 0 Å². The second-order valence-corrected chi connectivity index (χ2v) is 2.86. The fraction of sp³-hybridized carbons (Fsp3) is 0.100. The Hall–Kier alpha value is -1.97. The van der Waals surface area contributed by atoms with Gasteiger partial charge in [0.25, 0.3) is 0 Å². The number of para-hydroxylation sites is 1. The normalized spacial score (nSPS) is 11.2. The van der Waals surface area contributed by atoms with Crippen molar-refractivity contribution in [3.63, 3.8) is 0 Å². The van der Waals surface area contributed by atoms with Crippen LogP contribution in [0.3, 0.4) is 0 Å². The average molecular weight is 187 g/mol. The number of rotatable bonds is 2. The third kappa shape index (κ3) is 1.31. The van der Waals surface area contributed by atoms with Crippen molar-refractivity contribution in [2.45, 2.75) is 6.92 Å². The lowest BCUT2D eigenvalue weighted by atomic mass is 10.1. The van der Waals surface area contributed by atoms with E-state index in [2.05, 4.69) is 15.4 Å². The van der Waals surface area contributed by atoms with Crippen LogP contribution >= 0.6 is 0 Å². The van der Waals surface area contributed by atoms with Crippen LogP contribution in [0.5, 0.6) is 0 Å². The molecule has 14 heavy (non-hydrogen) atoms. The number of hydrogen-bond acceptors (Lipinski definition) is 3. The van der Waals surface area contributed by atoms with E-state index in [-0.39, 0.29) is 5.78 Å². The highest BCUT2D eigenvalue weighted by Crippen LogP contribution is 2.14. The van der Waals surface area contributed by atoms with Crippen LogP contribution < -0.4 is 0 Å². The number of allylic oxidation sites excluding steroid dienone is 2. The van der Waals surface area contributed by atoms with Gasteiger partial charge >= 0.3 is 0 Å². The molecule has 0 aliphatic rings. The van der Waals surface area contributed by atoms with E-state index in [0.29, 0.717) is 16.6 Å². The van der Waals surface area contributed by atoms with E-state index in [4.69, 9.17) is 0 Å². The van der Waals surface area contributed by atoms with Gasteiger partial charge in [-0.2, -0.15) is 15.4 Å². The number of nitrogens with zero attached hydrogens (tertiary/aromatic N) is 2. The van der Waals surface area contributed by atoms with Gasteiger partial charge in [-0.15, -0.1) is 0 Å². The summed E-state index contributed by atoms with van der Waals surface area (Å²) in [5.74, 6) is -0.0491. The topological polar surface area (TPSA) is 58.6 Å². The summed E-state index contributed by atoms with van der Waals surface area (Å²) in [4.78, 5) is 11.6. The van der Waals surface area contributed by atoms with Crippen LogP contribution in [0.2, 0.25) is 0 Å². The fourth-order valence-corrected chi connectivity index (χ4v) is 1.31. The van der Waals surface area contributed by atoms with Crippen molar-refractivity contribution >= 4 is 16.8 Å². The van der Waals surface area contributed by atoms with Crippen LogP contribution in [-0.2, 0) is 0 Å². The predicted molar refractivity (Wildman–Crippen MR) is 53.0 cm³/mol. The molecule has 0 aliphatic carbocycles. The smallest absolute Gasteiger partial charge is 0.187 e. The standard InChI is InChI=1S/C10H9N3O/c1-2-4-9(14)7-5-3-6-8-10(7)12-13-11-8/h2-6H,1H3,(H,11,12,13)/b4-2+. The lowest BCUT2D eigenvalue weighted by molar-refractivity contribution is 0.104. The Labute approximate surface area is 80.6 Å². The molecule has 70 valence electrons. The molecule has 2 aromatic rings. The summed E-state index contributed by atoms with van der Waals surface area (Å²) in [5.41, 5.74) is 1.91. The van der Waals surface area contributed by atoms with Gasteiger partial charge in [-0.05, 0) is 25.1 Å². The van der Waals surface area contributed by atoms with Crippen molar-refractivity contribution in [1.29, 1.82) is 0 Å². The number of benzene rings is 1. The number of aromatic nitrogens is 3. The van der Waals surface area contributed by atoms with E-state index in [1.165, 1.54) is 6.08 Å². The first-order valence-corrected chi connectivity index (χ1v) is 4.29. The monoisotopic (exact) mass is 187 g/mol. The number of aromatic amines is 1. The fourth-order valence-electron chi connectivity index (χ4n) is 1.31. The Morgan fingerprint density at radius 2 is 2.29 bits per heavy atom. The average Bonchev–Trinajstić information content (AvgIpc) is 2.65. The lowest BCUT2D eigenvalue weighted by Gasteiger charge is -1.94. The van der Waals surface area contributed by atoms with Crippen molar-refractivity contribution in [2.75, 3.05) is 0 Å². The molecule has 0 fully saturated rings. The molecule has 4 nitrogen and oxygen atoms in total. The Kier molecular flexibility index (Phi) is 2.10. The van der Waals surface area contributed by atoms with Crippen molar-refractivity contribution in [3.8, 4) is 0 Å². The second kappa shape index (κ2) is 3.41. The van der Waals surface area contributed by atoms with Crippen LogP contribution in [0, 0.1) is 0 Å². The molecule has 2 rings (SSSR count). The van der Waals surface area contributed by atoms with Gasteiger partial charge in [0.2, 0.25) is 0 Å². The van der Waals surface area contributed by atoms with Gasteiger partial charge in [-0.1, -0.05) is 12.1 Å². The molecular formula is C10H9N3O. The summed E-state index contributed by atoms with van der Waals surface area (Å²) < 4.78 is 0. The zero-order chi connectivity index (χ0) is 9.97. The third-order valence-electron chi connectivity index (χ3n) is 1.93. The molecule has 0 unspecified atom stereocenters. The third-order valence-corrected chi connectivity index (χ3v) is 1.93. The van der Waals surface area contributed by atoms with Crippen molar-refractivity contribution < 1.29 is 4.79 Å². The maximum atomic E-state index is 11.6. The molecule has 0 bridgehead atoms. The molecule has 0 atom stereocenters. The Morgan fingerprint density at radius 3 is 3.07 bits per heavy atom. The highest BCUT2D eigenvalue weighted by molar-refractivity contribution is 6.11. The summed E-state index contributed by atoms with van der Waals surface area (Å²) in [6, 6.07) is 5.35. The number of ketones is 1. The number of carbonyl (C=O) groups excluding carboxylic acids is 1. The number of H-pyrrole nitrogens is 1. The predicted octanol–water partition coefficient (Wildman–Crippen LogP) is 1.72. The summed E-state index contributed by atoms with van der Waals surface area (Å²) in [6.45, 7) is 1.81. The molecule has 1 heterocycles. The zero-order valence-corrected chi connectivity index (χ0v) is 7.69. The van der Waals surface area contributed by atoms with Gasteiger partial charge in [0.1, 0.15) is 11.0 Å². The maximum Gasteiger partial charge on any atom is 0.187 e. The van der Waals surface area contributed by atoms with Gasteiger partial charge in [0.05, 0.1) is 5.56 Å². The first-order chi connectivity index (χ1) is 6.83. The molecule has 1 aromatic carbocycles. The van der Waals surface area contributed by atoms with E-state index < -0.39 is 0 Å². The lowest BCUT2D eigenvalue weighted by Crippen LogP contribution is -1.95. The maximum absolute atomic E-state index is 11.6. The molecule has 0 spiro atoms. The molecule has 0 saturated heterocycles. The van der Waals surface area contributed by atoms with E-state index in [1.54, 1.807) is 25.1 Å². The van der Waals surface area contributed by atoms with Gasteiger partial charge in [-0.25, -0.2) is 0 Å². The Bertz CT molecular complexity index is 499. The largest absolute Gasteiger partial charge is 0.289 e. The van der Waals surface area contributed by atoms with Crippen LogP contribution in [0.25, 0.3) is 11.0 Å². The number of fused-ring (bicyclic) bond motifs is 1.